The predicted octanol–water partition coefficient (Wildman–Crippen LogP) is 4.73. The van der Waals surface area contributed by atoms with Crippen LogP contribution in [0.5, 0.6) is 0 Å². The molecule has 0 bridgehead atoms. The van der Waals surface area contributed by atoms with Crippen LogP contribution in [0, 0.1) is 6.92 Å². The van der Waals surface area contributed by atoms with Crippen molar-refractivity contribution in [2.24, 2.45) is 0 Å². The Morgan fingerprint density at radius 2 is 1.44 bits per heavy atom. The molecule has 0 unspecified atom stereocenters. The molecule has 10 heteroatoms. The van der Waals surface area contributed by atoms with Gasteiger partial charge in [-0.25, -0.2) is 0 Å². The molecule has 0 aliphatic heterocycles. The fourth-order valence-electron chi connectivity index (χ4n) is 1.96. The van der Waals surface area contributed by atoms with Crippen molar-refractivity contribution in [2.45, 2.75) is 11.8 Å². The van der Waals surface area contributed by atoms with Crippen LogP contribution in [0.4, 0.5) is 19.4 Å². The first-order chi connectivity index (χ1) is 11.3. The van der Waals surface area contributed by atoms with Gasteiger partial charge in [0.25, 0.3) is 11.8 Å². The minimum absolute atomic E-state index is 0.0385. The molecule has 0 heterocycles. The fraction of sp³-hybridized carbons (Fsp3) is 0.0667. The zero-order valence-electron chi connectivity index (χ0n) is 12.7. The molecule has 0 atom stereocenters. The first-order valence-electron chi connectivity index (χ1n) is 6.78. The summed E-state index contributed by atoms with van der Waals surface area (Å²) in [5, 5.41) is 0. The quantitative estimate of drug-likeness (QED) is 0.598. The van der Waals surface area contributed by atoms with Gasteiger partial charge in [-0.1, -0.05) is 43.7 Å². The minimum atomic E-state index is -9.89. The monoisotopic (exact) mass is 380 g/mol. The third kappa shape index (κ3) is 4.69. The van der Waals surface area contributed by atoms with E-state index in [0.717, 1.165) is 6.07 Å². The Balaban J connectivity index is 2.15. The number of hydrogen-bond donors (Lipinski definition) is 2. The molecule has 0 aliphatic carbocycles. The number of hydrazine groups is 1. The van der Waals surface area contributed by atoms with Crippen LogP contribution in [0.3, 0.4) is 0 Å². The largest absolute Gasteiger partial charge is 0.310 e. The summed E-state index contributed by atoms with van der Waals surface area (Å²) in [6.45, 7) is 1.65. The van der Waals surface area contributed by atoms with Crippen molar-refractivity contribution in [3.63, 3.8) is 0 Å². The number of benzene rings is 2. The molecule has 0 fully saturated rings. The SMILES string of the molecule is Cc1ccccc1C(=O)NNC(=O)c1cccc(S(F)(F)(F)(F)F)c1. The molecule has 2 amide bonds. The van der Waals surface area contributed by atoms with Crippen molar-refractivity contribution in [3.8, 4) is 0 Å². The summed E-state index contributed by atoms with van der Waals surface area (Å²) in [5.41, 5.74) is 4.09. The molecule has 0 saturated carbocycles. The Morgan fingerprint density at radius 3 is 2.04 bits per heavy atom. The second-order valence-electron chi connectivity index (χ2n) is 5.22. The van der Waals surface area contributed by atoms with Gasteiger partial charge in [0, 0.05) is 11.1 Å². The topological polar surface area (TPSA) is 58.2 Å². The van der Waals surface area contributed by atoms with Crippen molar-refractivity contribution in [1.29, 1.82) is 0 Å². The van der Waals surface area contributed by atoms with E-state index in [2.05, 4.69) is 0 Å². The number of aryl methyl sites for hydroxylation is 1. The van der Waals surface area contributed by atoms with Crippen molar-refractivity contribution >= 4 is 22.0 Å². The molecule has 0 aliphatic rings. The lowest BCUT2D eigenvalue weighted by atomic mass is 10.1. The number of hydrogen-bond acceptors (Lipinski definition) is 2. The lowest BCUT2D eigenvalue weighted by Crippen LogP contribution is -2.41. The number of rotatable bonds is 3. The molecule has 0 aromatic heterocycles. The van der Waals surface area contributed by atoms with E-state index in [1.807, 2.05) is 10.9 Å². The molecule has 2 N–H and O–H groups in total. The van der Waals surface area contributed by atoms with E-state index in [4.69, 9.17) is 0 Å². The minimum Gasteiger partial charge on any atom is -0.267 e. The highest BCUT2D eigenvalue weighted by molar-refractivity contribution is 8.45. The van der Waals surface area contributed by atoms with Crippen LogP contribution in [0.1, 0.15) is 26.3 Å². The van der Waals surface area contributed by atoms with Crippen molar-refractivity contribution in [2.75, 3.05) is 0 Å². The van der Waals surface area contributed by atoms with E-state index in [1.54, 1.807) is 25.1 Å². The fourth-order valence-corrected chi connectivity index (χ4v) is 2.64. The third-order valence-corrected chi connectivity index (χ3v) is 4.37. The third-order valence-electron chi connectivity index (χ3n) is 3.22. The van der Waals surface area contributed by atoms with Crippen molar-refractivity contribution < 1.29 is 29.0 Å². The van der Waals surface area contributed by atoms with Gasteiger partial charge in [0.1, 0.15) is 4.90 Å². The zero-order chi connectivity index (χ0) is 18.9. The molecule has 2 aromatic rings. The van der Waals surface area contributed by atoms with Gasteiger partial charge in [-0.05, 0) is 36.8 Å². The standard InChI is InChI=1S/C15H13F5N2O2S/c1-10-5-2-3-8-13(10)15(24)22-21-14(23)11-6-4-7-12(9-11)25(16,17,18,19)20/h2-9H,1H3,(H,21,23)(H,22,24). The second-order valence-corrected chi connectivity index (χ2v) is 7.63. The van der Waals surface area contributed by atoms with Gasteiger partial charge >= 0.3 is 10.2 Å². The van der Waals surface area contributed by atoms with Gasteiger partial charge < -0.3 is 0 Å². The second kappa shape index (κ2) is 5.45. The molecule has 0 radical (unpaired) electrons. The Kier molecular flexibility index (Phi) is 4.08. The summed E-state index contributed by atoms with van der Waals surface area (Å²) in [6, 6.07) is 8.23. The number of halogens is 5. The summed E-state index contributed by atoms with van der Waals surface area (Å²) >= 11 is 0. The van der Waals surface area contributed by atoms with Gasteiger partial charge in [-0.15, -0.1) is 0 Å². The maximum absolute atomic E-state index is 12.8. The Morgan fingerprint density at radius 1 is 0.840 bits per heavy atom. The first-order valence-corrected chi connectivity index (χ1v) is 8.73. The molecule has 0 saturated heterocycles. The summed E-state index contributed by atoms with van der Waals surface area (Å²) in [4.78, 5) is 21.6. The van der Waals surface area contributed by atoms with Gasteiger partial charge in [0.15, 0.2) is 0 Å². The van der Waals surface area contributed by atoms with E-state index in [1.165, 1.54) is 6.07 Å². The summed E-state index contributed by atoms with van der Waals surface area (Å²) in [6.07, 6.45) is 0. The van der Waals surface area contributed by atoms with Crippen molar-refractivity contribution in [3.05, 3.63) is 65.2 Å². The predicted molar refractivity (Wildman–Crippen MR) is 84.0 cm³/mol. The molecule has 2 aromatic carbocycles. The molecule has 25 heavy (non-hydrogen) atoms. The number of amides is 2. The maximum atomic E-state index is 12.8. The number of carbonyl (C=O) groups excluding carboxylic acids is 2. The molecule has 2 rings (SSSR count). The Labute approximate surface area is 139 Å². The first kappa shape index (κ1) is 18.7. The van der Waals surface area contributed by atoms with Crippen LogP contribution in [-0.4, -0.2) is 11.8 Å². The Hall–Kier alpha value is -2.62. The van der Waals surface area contributed by atoms with E-state index < -0.39 is 32.5 Å². The van der Waals surface area contributed by atoms with E-state index >= 15 is 0 Å². The van der Waals surface area contributed by atoms with Crippen LogP contribution < -0.4 is 10.9 Å². The summed E-state index contributed by atoms with van der Waals surface area (Å²) in [5.74, 6) is -1.86. The number of nitrogens with one attached hydrogen (secondary N) is 2. The van der Waals surface area contributed by atoms with E-state index in [0.29, 0.717) is 11.6 Å². The number of carbonyl (C=O) groups is 2. The van der Waals surface area contributed by atoms with Crippen LogP contribution in [-0.2, 0) is 0 Å². The maximum Gasteiger partial charge on any atom is 0.310 e. The Bertz CT molecular complexity index is 853. The van der Waals surface area contributed by atoms with Gasteiger partial charge in [0.2, 0.25) is 0 Å². The zero-order valence-corrected chi connectivity index (χ0v) is 13.5. The molecule has 136 valence electrons. The molecular formula is C15H13F5N2O2S. The summed E-state index contributed by atoms with van der Waals surface area (Å²) in [7, 11) is -9.89. The van der Waals surface area contributed by atoms with Crippen LogP contribution in [0.15, 0.2) is 53.4 Å². The average molecular weight is 380 g/mol. The highest BCUT2D eigenvalue weighted by Crippen LogP contribution is 3.02. The summed E-state index contributed by atoms with van der Waals surface area (Å²) < 4.78 is 63.8. The average Bonchev–Trinajstić information content (AvgIpc) is 2.50. The molecule has 0 spiro atoms. The van der Waals surface area contributed by atoms with E-state index in [-0.39, 0.29) is 17.7 Å². The van der Waals surface area contributed by atoms with Gasteiger partial charge in [-0.3, -0.25) is 20.4 Å². The highest BCUT2D eigenvalue weighted by Gasteiger charge is 2.65. The lowest BCUT2D eigenvalue weighted by Gasteiger charge is -2.40. The van der Waals surface area contributed by atoms with Crippen LogP contribution in [0.25, 0.3) is 0 Å². The molecule has 4 nitrogen and oxygen atoms in total. The highest BCUT2D eigenvalue weighted by atomic mass is 32.5. The van der Waals surface area contributed by atoms with Crippen LogP contribution >= 0.6 is 10.2 Å². The van der Waals surface area contributed by atoms with Crippen LogP contribution in [0.2, 0.25) is 0 Å². The smallest absolute Gasteiger partial charge is 0.267 e. The lowest BCUT2D eigenvalue weighted by molar-refractivity contribution is 0.0846. The van der Waals surface area contributed by atoms with E-state index in [9.17, 15) is 29.0 Å². The van der Waals surface area contributed by atoms with Crippen molar-refractivity contribution in [1.82, 2.24) is 10.9 Å². The normalized spacial score (nSPS) is 14.2. The van der Waals surface area contributed by atoms with Gasteiger partial charge in [0.05, 0.1) is 0 Å². The molecular weight excluding hydrogens is 367 g/mol. The van der Waals surface area contributed by atoms with Gasteiger partial charge in [-0.2, -0.15) is 0 Å².